The van der Waals surface area contributed by atoms with E-state index in [1.54, 1.807) is 12.3 Å². The van der Waals surface area contributed by atoms with Crippen molar-refractivity contribution in [3.8, 4) is 0 Å². The summed E-state index contributed by atoms with van der Waals surface area (Å²) in [5.41, 5.74) is 0.387. The third-order valence-electron chi connectivity index (χ3n) is 3.22. The van der Waals surface area contributed by atoms with Gasteiger partial charge in [0.15, 0.2) is 0 Å². The summed E-state index contributed by atoms with van der Waals surface area (Å²) in [7, 11) is 0. The quantitative estimate of drug-likeness (QED) is 0.862. The molecule has 92 valence electrons. The van der Waals surface area contributed by atoms with Gasteiger partial charge in [0.25, 0.3) is 5.91 Å². The fourth-order valence-electron chi connectivity index (χ4n) is 2.24. The fourth-order valence-corrected chi connectivity index (χ4v) is 2.43. The van der Waals surface area contributed by atoms with Crippen LogP contribution >= 0.6 is 11.6 Å². The minimum Gasteiger partial charge on any atom is -0.396 e. The number of pyridine rings is 1. The summed E-state index contributed by atoms with van der Waals surface area (Å²) in [5.74, 6) is -0.0529. The van der Waals surface area contributed by atoms with Crippen LogP contribution in [0, 0.1) is 5.92 Å². The van der Waals surface area contributed by atoms with Crippen LogP contribution in [0.2, 0.25) is 5.02 Å². The van der Waals surface area contributed by atoms with Crippen LogP contribution < -0.4 is 5.32 Å². The maximum absolute atomic E-state index is 12.0. The molecule has 1 aromatic rings. The van der Waals surface area contributed by atoms with E-state index >= 15 is 0 Å². The molecule has 0 aromatic carbocycles. The van der Waals surface area contributed by atoms with Crippen LogP contribution in [0.1, 0.15) is 29.6 Å². The third kappa shape index (κ3) is 2.76. The molecule has 1 aliphatic rings. The van der Waals surface area contributed by atoms with Gasteiger partial charge in [-0.2, -0.15) is 0 Å². The van der Waals surface area contributed by atoms with E-state index in [1.807, 2.05) is 0 Å². The van der Waals surface area contributed by atoms with Crippen LogP contribution in [-0.2, 0) is 0 Å². The number of halogens is 1. The molecule has 2 rings (SSSR count). The molecule has 4 nitrogen and oxygen atoms in total. The van der Waals surface area contributed by atoms with E-state index < -0.39 is 0 Å². The number of aliphatic hydroxyl groups is 1. The second kappa shape index (κ2) is 5.47. The molecule has 2 atom stereocenters. The Bertz CT molecular complexity index is 411. The summed E-state index contributed by atoms with van der Waals surface area (Å²) in [6, 6.07) is 1.64. The molecule has 1 aromatic heterocycles. The minimum absolute atomic E-state index is 0.0452. The highest BCUT2D eigenvalue weighted by Gasteiger charge is 2.28. The van der Waals surface area contributed by atoms with Gasteiger partial charge in [0.1, 0.15) is 0 Å². The largest absolute Gasteiger partial charge is 0.396 e. The van der Waals surface area contributed by atoms with Gasteiger partial charge in [-0.05, 0) is 18.9 Å². The Morgan fingerprint density at radius 1 is 1.59 bits per heavy atom. The highest BCUT2D eigenvalue weighted by Crippen LogP contribution is 2.25. The molecule has 0 spiro atoms. The van der Waals surface area contributed by atoms with E-state index in [0.717, 1.165) is 19.3 Å². The zero-order valence-corrected chi connectivity index (χ0v) is 10.2. The molecule has 1 saturated carbocycles. The van der Waals surface area contributed by atoms with Gasteiger partial charge in [0, 0.05) is 31.0 Å². The number of rotatable bonds is 3. The number of hydrogen-bond acceptors (Lipinski definition) is 3. The molecular weight excluding hydrogens is 240 g/mol. The van der Waals surface area contributed by atoms with Crippen LogP contribution in [0.15, 0.2) is 18.5 Å². The van der Waals surface area contributed by atoms with Gasteiger partial charge < -0.3 is 10.4 Å². The standard InChI is InChI=1S/C12H15ClN2O2/c13-10-4-5-14-6-9(10)12(17)15-11-3-1-2-8(11)7-16/h4-6,8,11,16H,1-3,7H2,(H,15,17). The lowest BCUT2D eigenvalue weighted by molar-refractivity contribution is 0.0916. The highest BCUT2D eigenvalue weighted by molar-refractivity contribution is 6.33. The molecule has 17 heavy (non-hydrogen) atoms. The molecule has 1 heterocycles. The number of aromatic nitrogens is 1. The molecule has 0 saturated heterocycles. The number of nitrogens with one attached hydrogen (secondary N) is 1. The van der Waals surface area contributed by atoms with Crippen LogP contribution in [0.4, 0.5) is 0 Å². The second-order valence-electron chi connectivity index (χ2n) is 4.31. The average molecular weight is 255 g/mol. The Labute approximate surface area is 105 Å². The SMILES string of the molecule is O=C(NC1CCCC1CO)c1cnccc1Cl. The van der Waals surface area contributed by atoms with Crippen molar-refractivity contribution in [3.05, 3.63) is 29.0 Å². The first-order chi connectivity index (χ1) is 8.22. The fraction of sp³-hybridized carbons (Fsp3) is 0.500. The Morgan fingerprint density at radius 2 is 2.41 bits per heavy atom. The molecule has 2 N–H and O–H groups in total. The predicted molar refractivity (Wildman–Crippen MR) is 64.9 cm³/mol. The van der Waals surface area contributed by atoms with Gasteiger partial charge in [0.2, 0.25) is 0 Å². The van der Waals surface area contributed by atoms with E-state index in [2.05, 4.69) is 10.3 Å². The number of amides is 1. The molecule has 1 aliphatic carbocycles. The van der Waals surface area contributed by atoms with E-state index in [1.165, 1.54) is 6.20 Å². The molecule has 0 radical (unpaired) electrons. The number of hydrogen-bond donors (Lipinski definition) is 2. The first kappa shape index (κ1) is 12.3. The van der Waals surface area contributed by atoms with E-state index in [9.17, 15) is 9.90 Å². The number of aliphatic hydroxyl groups excluding tert-OH is 1. The molecular formula is C12H15ClN2O2. The highest BCUT2D eigenvalue weighted by atomic mass is 35.5. The Morgan fingerprint density at radius 3 is 3.12 bits per heavy atom. The van der Waals surface area contributed by atoms with E-state index in [-0.39, 0.29) is 24.5 Å². The molecule has 1 fully saturated rings. The van der Waals surface area contributed by atoms with Crippen LogP contribution in [-0.4, -0.2) is 28.6 Å². The normalized spacial score (nSPS) is 23.6. The van der Waals surface area contributed by atoms with Crippen LogP contribution in [0.3, 0.4) is 0 Å². The zero-order valence-electron chi connectivity index (χ0n) is 9.40. The van der Waals surface area contributed by atoms with Gasteiger partial charge in [0.05, 0.1) is 10.6 Å². The van der Waals surface area contributed by atoms with Crippen molar-refractivity contribution in [3.63, 3.8) is 0 Å². The van der Waals surface area contributed by atoms with Crippen LogP contribution in [0.25, 0.3) is 0 Å². The lowest BCUT2D eigenvalue weighted by Crippen LogP contribution is -2.38. The van der Waals surface area contributed by atoms with E-state index in [4.69, 9.17) is 11.6 Å². The summed E-state index contributed by atoms with van der Waals surface area (Å²) in [5, 5.41) is 12.5. The maximum atomic E-state index is 12.0. The van der Waals surface area contributed by atoms with Crippen molar-refractivity contribution in [2.75, 3.05) is 6.61 Å². The number of carbonyl (C=O) groups excluding carboxylic acids is 1. The lowest BCUT2D eigenvalue weighted by atomic mass is 10.0. The Balaban J connectivity index is 2.04. The molecule has 1 amide bonds. The molecule has 2 unspecified atom stereocenters. The Kier molecular flexibility index (Phi) is 3.97. The first-order valence-corrected chi connectivity index (χ1v) is 6.11. The van der Waals surface area contributed by atoms with Gasteiger partial charge in [-0.25, -0.2) is 0 Å². The minimum atomic E-state index is -0.214. The Hall–Kier alpha value is -1.13. The van der Waals surface area contributed by atoms with Crippen LogP contribution in [0.5, 0.6) is 0 Å². The average Bonchev–Trinajstić information content (AvgIpc) is 2.76. The zero-order chi connectivity index (χ0) is 12.3. The van der Waals surface area contributed by atoms with Crippen molar-refractivity contribution < 1.29 is 9.90 Å². The molecule has 5 heteroatoms. The number of nitrogens with zero attached hydrogens (tertiary/aromatic N) is 1. The van der Waals surface area contributed by atoms with Crippen molar-refractivity contribution in [2.24, 2.45) is 5.92 Å². The van der Waals surface area contributed by atoms with Gasteiger partial charge in [-0.1, -0.05) is 18.0 Å². The smallest absolute Gasteiger partial charge is 0.254 e. The first-order valence-electron chi connectivity index (χ1n) is 5.73. The van der Waals surface area contributed by atoms with E-state index in [0.29, 0.717) is 10.6 Å². The maximum Gasteiger partial charge on any atom is 0.254 e. The molecule has 0 aliphatic heterocycles. The number of carbonyl (C=O) groups is 1. The third-order valence-corrected chi connectivity index (χ3v) is 3.55. The topological polar surface area (TPSA) is 62.2 Å². The lowest BCUT2D eigenvalue weighted by Gasteiger charge is -2.19. The second-order valence-corrected chi connectivity index (χ2v) is 4.72. The van der Waals surface area contributed by atoms with Crippen molar-refractivity contribution in [1.82, 2.24) is 10.3 Å². The van der Waals surface area contributed by atoms with Gasteiger partial charge >= 0.3 is 0 Å². The predicted octanol–water partition coefficient (Wildman–Crippen LogP) is 1.63. The van der Waals surface area contributed by atoms with Crippen molar-refractivity contribution in [2.45, 2.75) is 25.3 Å². The summed E-state index contributed by atoms with van der Waals surface area (Å²) in [4.78, 5) is 15.9. The van der Waals surface area contributed by atoms with Crippen molar-refractivity contribution in [1.29, 1.82) is 0 Å². The monoisotopic (exact) mass is 254 g/mol. The van der Waals surface area contributed by atoms with Gasteiger partial charge in [-0.3, -0.25) is 9.78 Å². The van der Waals surface area contributed by atoms with Gasteiger partial charge in [-0.15, -0.1) is 0 Å². The van der Waals surface area contributed by atoms with Crippen molar-refractivity contribution >= 4 is 17.5 Å². The summed E-state index contributed by atoms with van der Waals surface area (Å²) < 4.78 is 0. The summed E-state index contributed by atoms with van der Waals surface area (Å²) in [6.45, 7) is 0.117. The molecule has 0 bridgehead atoms. The summed E-state index contributed by atoms with van der Waals surface area (Å²) >= 11 is 5.92. The summed E-state index contributed by atoms with van der Waals surface area (Å²) in [6.07, 6.45) is 5.92.